The van der Waals surface area contributed by atoms with E-state index in [1.807, 2.05) is 91.0 Å². The minimum Gasteiger partial charge on any atom is -0.462 e. The van der Waals surface area contributed by atoms with Crippen molar-refractivity contribution < 1.29 is 85.8 Å². The summed E-state index contributed by atoms with van der Waals surface area (Å²) >= 11 is 0. The van der Waals surface area contributed by atoms with Gasteiger partial charge in [-0.1, -0.05) is 264 Å². The normalized spacial score (nSPS) is 12.4. The number of allylic oxidation sites excluding steroid dienone is 3. The first-order valence-corrected chi connectivity index (χ1v) is 40.9. The first-order chi connectivity index (χ1) is 52.7. The summed E-state index contributed by atoms with van der Waals surface area (Å²) in [4.78, 5) is 114. The molecule has 0 saturated heterocycles. The number of unbranched alkanes of at least 4 members (excludes halogenated alkanes) is 24. The molecule has 0 radical (unpaired) electrons. The summed E-state index contributed by atoms with van der Waals surface area (Å²) in [5.74, 6) is -3.11. The topological polar surface area (TPSA) is 261 Å². The van der Waals surface area contributed by atoms with E-state index in [0.717, 1.165) is 209 Å². The molecule has 0 fully saturated rings. The molecule has 20 heteroatoms. The fourth-order valence-corrected chi connectivity index (χ4v) is 11.8. The average Bonchev–Trinajstić information content (AvgIpc) is 1.05. The molecule has 0 aromatic heterocycles. The third kappa shape index (κ3) is 55.2. The molecule has 20 nitrogen and oxygen atoms in total. The van der Waals surface area contributed by atoms with Gasteiger partial charge in [0.2, 0.25) is 0 Å². The molecule has 0 aliphatic heterocycles. The molecular weight excluding hydrogens is 1370 g/mol. The smallest absolute Gasteiger partial charge is 0.407 e. The number of rotatable bonds is 66. The minimum absolute atomic E-state index is 0.0242. The van der Waals surface area contributed by atoms with Crippen LogP contribution in [0.3, 0.4) is 0 Å². The minimum atomic E-state index is -0.950. The van der Waals surface area contributed by atoms with Gasteiger partial charge in [-0.15, -0.1) is 0 Å². The highest BCUT2D eigenvalue weighted by Gasteiger charge is 2.22. The lowest BCUT2D eigenvalue weighted by Gasteiger charge is -2.18. The monoisotopic (exact) mass is 1500 g/mol. The van der Waals surface area contributed by atoms with Crippen molar-refractivity contribution in [3.63, 3.8) is 0 Å². The zero-order chi connectivity index (χ0) is 77.8. The molecule has 602 valence electrons. The first-order valence-electron chi connectivity index (χ1n) is 40.9. The summed E-state index contributed by atoms with van der Waals surface area (Å²) < 4.78 is 50.2. The van der Waals surface area contributed by atoms with Crippen molar-refractivity contribution in [3.8, 4) is 0 Å². The van der Waals surface area contributed by atoms with Crippen molar-refractivity contribution in [3.05, 3.63) is 144 Å². The highest BCUT2D eigenvalue weighted by Crippen LogP contribution is 2.20. The Bertz CT molecular complexity index is 2810. The zero-order valence-corrected chi connectivity index (χ0v) is 65.7. The van der Waals surface area contributed by atoms with Crippen molar-refractivity contribution >= 4 is 54.0 Å². The summed E-state index contributed by atoms with van der Waals surface area (Å²) in [5, 5.41) is 4.98. The van der Waals surface area contributed by atoms with Crippen LogP contribution in [0, 0.1) is 0 Å². The Kier molecular flexibility index (Phi) is 57.2. The first kappa shape index (κ1) is 93.9. The van der Waals surface area contributed by atoms with Crippen molar-refractivity contribution in [2.75, 3.05) is 26.3 Å². The van der Waals surface area contributed by atoms with E-state index in [4.69, 9.17) is 42.6 Å². The van der Waals surface area contributed by atoms with Gasteiger partial charge in [-0.3, -0.25) is 33.6 Å². The fourth-order valence-electron chi connectivity index (χ4n) is 11.8. The van der Waals surface area contributed by atoms with Gasteiger partial charge in [-0.05, 0) is 113 Å². The number of amides is 2. The van der Waals surface area contributed by atoms with Crippen molar-refractivity contribution in [1.29, 1.82) is 0 Å². The van der Waals surface area contributed by atoms with Crippen LogP contribution in [-0.4, -0.2) is 105 Å². The molecule has 2 amide bonds. The molecule has 4 atom stereocenters. The van der Waals surface area contributed by atoms with E-state index < -0.39 is 60.1 Å². The van der Waals surface area contributed by atoms with Crippen LogP contribution in [0.15, 0.2) is 127 Å². The maximum absolute atomic E-state index is 13.2. The Labute approximate surface area is 646 Å². The largest absolute Gasteiger partial charge is 0.462 e. The Balaban J connectivity index is 1.40. The lowest BCUT2D eigenvalue weighted by atomic mass is 10.1. The van der Waals surface area contributed by atoms with Gasteiger partial charge in [0, 0.05) is 38.5 Å². The van der Waals surface area contributed by atoms with Gasteiger partial charge in [0.15, 0.2) is 6.10 Å². The van der Waals surface area contributed by atoms with Crippen LogP contribution in [0.25, 0.3) is 0 Å². The SMILES string of the molecule is CCCCCC[C@H](C/C=C\CCCCCCCC(=O)OCC(COC(=O)CCCCCCC/C=C\C[C@@H](CCCCCC)OC(=O)CNC(=O)OCc1ccccc1)OC(=O)CCCCCCC/C=C\C[C@@H](CCCCCC)OC(=O)CNC(=O)OCc1ccccc1)OC(=O)CCC(=O)OCc1ccccc1. The maximum Gasteiger partial charge on any atom is 0.407 e. The molecule has 3 aromatic rings. The van der Waals surface area contributed by atoms with Gasteiger partial charge < -0.3 is 53.3 Å². The van der Waals surface area contributed by atoms with Crippen LogP contribution in [0.1, 0.15) is 301 Å². The molecule has 0 saturated carbocycles. The van der Waals surface area contributed by atoms with E-state index in [-0.39, 0.29) is 96.5 Å². The summed E-state index contributed by atoms with van der Waals surface area (Å²) in [6, 6.07) is 28.0. The maximum atomic E-state index is 13.2. The van der Waals surface area contributed by atoms with Crippen LogP contribution in [0.5, 0.6) is 0 Å². The van der Waals surface area contributed by atoms with E-state index in [9.17, 15) is 43.2 Å². The van der Waals surface area contributed by atoms with Crippen molar-refractivity contribution in [1.82, 2.24) is 10.6 Å². The molecule has 1 unspecified atom stereocenters. The molecule has 0 aliphatic carbocycles. The van der Waals surface area contributed by atoms with Gasteiger partial charge in [-0.25, -0.2) is 9.59 Å². The van der Waals surface area contributed by atoms with E-state index in [0.29, 0.717) is 38.5 Å². The number of alkyl carbamates (subject to hydrolysis) is 2. The molecule has 108 heavy (non-hydrogen) atoms. The number of carbonyl (C=O) groups excluding carboxylic acids is 9. The second-order valence-electron chi connectivity index (χ2n) is 27.9. The van der Waals surface area contributed by atoms with E-state index in [1.165, 1.54) is 0 Å². The number of hydrogen-bond acceptors (Lipinski definition) is 18. The molecule has 0 bridgehead atoms. The predicted molar refractivity (Wildman–Crippen MR) is 421 cm³/mol. The Morgan fingerprint density at radius 2 is 0.574 bits per heavy atom. The Hall–Kier alpha value is -8.29. The number of benzene rings is 3. The van der Waals surface area contributed by atoms with E-state index >= 15 is 0 Å². The Morgan fingerprint density at radius 3 is 0.944 bits per heavy atom. The molecule has 3 aromatic carbocycles. The summed E-state index contributed by atoms with van der Waals surface area (Å²) in [6.07, 6.45) is 42.2. The zero-order valence-electron chi connectivity index (χ0n) is 65.7. The predicted octanol–water partition coefficient (Wildman–Crippen LogP) is 20.0. The number of esters is 7. The summed E-state index contributed by atoms with van der Waals surface area (Å²) in [6.45, 7) is 5.83. The van der Waals surface area contributed by atoms with E-state index in [2.05, 4.69) is 67.9 Å². The molecule has 0 spiro atoms. The molecule has 0 heterocycles. The highest BCUT2D eigenvalue weighted by atomic mass is 16.6. The number of ether oxygens (including phenoxy) is 9. The van der Waals surface area contributed by atoms with Gasteiger partial charge in [0.25, 0.3) is 0 Å². The number of carbonyl (C=O) groups is 9. The van der Waals surface area contributed by atoms with Crippen molar-refractivity contribution in [2.24, 2.45) is 0 Å². The molecule has 2 N–H and O–H groups in total. The Morgan fingerprint density at radius 1 is 0.287 bits per heavy atom. The molecule has 0 aliphatic rings. The lowest BCUT2D eigenvalue weighted by molar-refractivity contribution is -0.167. The van der Waals surface area contributed by atoms with Gasteiger partial charge in [0.1, 0.15) is 64.4 Å². The van der Waals surface area contributed by atoms with Gasteiger partial charge in [0.05, 0.1) is 12.8 Å². The third-order valence-corrected chi connectivity index (χ3v) is 18.1. The quantitative estimate of drug-likeness (QED) is 0.0230. The lowest BCUT2D eigenvalue weighted by Crippen LogP contribution is -2.33. The van der Waals surface area contributed by atoms with Gasteiger partial charge >= 0.3 is 54.0 Å². The highest BCUT2D eigenvalue weighted by molar-refractivity contribution is 5.79. The second-order valence-corrected chi connectivity index (χ2v) is 27.9. The average molecular weight is 1510 g/mol. The number of nitrogens with one attached hydrogen (secondary N) is 2. The van der Waals surface area contributed by atoms with Crippen LogP contribution < -0.4 is 10.6 Å². The molecular formula is C88H132N2O18. The standard InChI is InChI=1S/C88H132N2O18/c1-4-7-10-40-55-76(105-84(95)65-64-82(93)100-68-73-49-34-31-35-50-73)58-43-25-19-13-16-22-28-46-61-80(91)101-71-79(108-83(94)63-48-30-24-18-15-21-27-45-60-78(57-42-12-9-6-3)107-86(97)67-90-88(99)104-70-75-53-38-33-39-54-75)72-102-81(92)62-47-29-23-17-14-20-26-44-59-77(56-41-11-8-5-2)106-85(96)66-89-87(98)103-69-74-51-36-32-37-52-74/h25-27,31-39,43-45,49-54,76-79H,4-24,28-30,40-42,46-48,55-72H2,1-3H3,(H,89,98)(H,90,99)/b43-25-,44-26-,45-27-/t76-,77-,78-,79?/m1/s1. The van der Waals surface area contributed by atoms with E-state index in [1.54, 1.807) is 0 Å². The van der Waals surface area contributed by atoms with Crippen molar-refractivity contribution in [2.45, 2.75) is 328 Å². The van der Waals surface area contributed by atoms with Crippen LogP contribution in [-0.2, 0) is 96.0 Å². The molecule has 3 rings (SSSR count). The third-order valence-electron chi connectivity index (χ3n) is 18.1. The van der Waals surface area contributed by atoms with Gasteiger partial charge in [-0.2, -0.15) is 0 Å². The van der Waals surface area contributed by atoms with Crippen LogP contribution in [0.4, 0.5) is 9.59 Å². The van der Waals surface area contributed by atoms with Crippen LogP contribution in [0.2, 0.25) is 0 Å². The fraction of sp³-hybridized carbons (Fsp3) is 0.625. The number of hydrogen-bond donors (Lipinski definition) is 2. The summed E-state index contributed by atoms with van der Waals surface area (Å²) in [5.41, 5.74) is 2.58. The van der Waals surface area contributed by atoms with Crippen LogP contribution >= 0.6 is 0 Å². The summed E-state index contributed by atoms with van der Waals surface area (Å²) in [7, 11) is 0. The second kappa shape index (κ2) is 65.8.